The molecule has 2 atom stereocenters. The van der Waals surface area contributed by atoms with Crippen LogP contribution in [0.4, 0.5) is 0 Å². The smallest absolute Gasteiger partial charge is 0.270 e. The van der Waals surface area contributed by atoms with Gasteiger partial charge in [-0.2, -0.15) is 0 Å². The molecule has 6 nitrogen and oxygen atoms in total. The van der Waals surface area contributed by atoms with Gasteiger partial charge in [-0.05, 0) is 12.5 Å². The maximum absolute atomic E-state index is 12.1. The summed E-state index contributed by atoms with van der Waals surface area (Å²) in [4.78, 5) is 27.2. The molecule has 0 saturated carbocycles. The first-order valence-electron chi connectivity index (χ1n) is 5.89. The number of rotatable bonds is 2. The number of hydrogen-bond acceptors (Lipinski definition) is 4. The molecule has 2 rings (SSSR count). The van der Waals surface area contributed by atoms with Gasteiger partial charge in [0.25, 0.3) is 5.91 Å². The minimum Gasteiger partial charge on any atom is -0.396 e. The lowest BCUT2D eigenvalue weighted by Gasteiger charge is -2.34. The Morgan fingerprint density at radius 2 is 2.28 bits per heavy atom. The zero-order valence-electron chi connectivity index (χ0n) is 9.87. The molecular formula is C12H16N2O4. The highest BCUT2D eigenvalue weighted by Crippen LogP contribution is 2.18. The summed E-state index contributed by atoms with van der Waals surface area (Å²) >= 11 is 0. The normalized spacial score (nSPS) is 24.0. The second-order valence-corrected chi connectivity index (χ2v) is 4.48. The summed E-state index contributed by atoms with van der Waals surface area (Å²) in [5, 5.41) is 18.8. The van der Waals surface area contributed by atoms with Crippen LogP contribution in [0.15, 0.2) is 23.0 Å². The number of β-amino-alcohol motifs (C(OH)–C–C–N with tert-alkyl or cyclic N) is 1. The lowest BCUT2D eigenvalue weighted by molar-refractivity contribution is 0.000650. The Balaban J connectivity index is 2.09. The summed E-state index contributed by atoms with van der Waals surface area (Å²) in [5.41, 5.74) is -0.108. The molecule has 3 N–H and O–H groups in total. The van der Waals surface area contributed by atoms with Gasteiger partial charge in [0.15, 0.2) is 0 Å². The van der Waals surface area contributed by atoms with Gasteiger partial charge in [0, 0.05) is 31.7 Å². The first-order chi connectivity index (χ1) is 8.61. The maximum Gasteiger partial charge on any atom is 0.270 e. The minimum atomic E-state index is -0.719. The van der Waals surface area contributed by atoms with Crippen molar-refractivity contribution in [1.82, 2.24) is 9.88 Å². The number of hydrogen-bond donors (Lipinski definition) is 3. The number of nitrogens with zero attached hydrogens (tertiary/aromatic N) is 1. The van der Waals surface area contributed by atoms with E-state index in [4.69, 9.17) is 5.11 Å². The van der Waals surface area contributed by atoms with Crippen LogP contribution in [0.3, 0.4) is 0 Å². The number of aromatic nitrogens is 1. The van der Waals surface area contributed by atoms with Crippen molar-refractivity contribution in [3.8, 4) is 0 Å². The molecule has 0 radical (unpaired) electrons. The van der Waals surface area contributed by atoms with E-state index < -0.39 is 6.10 Å². The first kappa shape index (κ1) is 12.8. The van der Waals surface area contributed by atoms with E-state index in [1.54, 1.807) is 0 Å². The lowest BCUT2D eigenvalue weighted by atomic mass is 9.94. The Morgan fingerprint density at radius 1 is 1.50 bits per heavy atom. The van der Waals surface area contributed by atoms with Crippen LogP contribution in [0.5, 0.6) is 0 Å². The number of likely N-dealkylation sites (tertiary alicyclic amines) is 1. The summed E-state index contributed by atoms with van der Waals surface area (Å²) in [5.74, 6) is -0.480. The minimum absolute atomic E-state index is 0.0780. The monoisotopic (exact) mass is 252 g/mol. The molecule has 0 spiro atoms. The molecule has 0 aliphatic carbocycles. The number of pyridine rings is 1. The van der Waals surface area contributed by atoms with Crippen LogP contribution < -0.4 is 5.56 Å². The Hall–Kier alpha value is -1.66. The highest BCUT2D eigenvalue weighted by atomic mass is 16.3. The number of nitrogens with one attached hydrogen (secondary N) is 1. The van der Waals surface area contributed by atoms with E-state index in [-0.39, 0.29) is 36.2 Å². The van der Waals surface area contributed by atoms with E-state index >= 15 is 0 Å². The predicted octanol–water partition coefficient (Wildman–Crippen LogP) is -0.810. The molecule has 1 aliphatic heterocycles. The van der Waals surface area contributed by atoms with Crippen molar-refractivity contribution < 1.29 is 15.0 Å². The van der Waals surface area contributed by atoms with E-state index in [2.05, 4.69) is 4.98 Å². The molecule has 0 aromatic carbocycles. The third-order valence-electron chi connectivity index (χ3n) is 3.24. The van der Waals surface area contributed by atoms with E-state index in [0.717, 1.165) is 0 Å². The number of amides is 1. The fourth-order valence-electron chi connectivity index (χ4n) is 2.12. The van der Waals surface area contributed by atoms with Gasteiger partial charge in [0.2, 0.25) is 5.56 Å². The van der Waals surface area contributed by atoms with Gasteiger partial charge >= 0.3 is 0 Å². The molecule has 1 aliphatic rings. The van der Waals surface area contributed by atoms with E-state index in [1.165, 1.54) is 23.1 Å². The molecular weight excluding hydrogens is 236 g/mol. The average molecular weight is 252 g/mol. The zero-order valence-corrected chi connectivity index (χ0v) is 9.87. The van der Waals surface area contributed by atoms with Gasteiger partial charge in [-0.15, -0.1) is 0 Å². The van der Waals surface area contributed by atoms with Crippen LogP contribution in [0.2, 0.25) is 0 Å². The standard InChI is InChI=1S/C12H16N2O4/c15-7-8-4-5-14(6-10(8)16)12(18)9-2-1-3-11(17)13-9/h1-3,8,10,15-16H,4-7H2,(H,13,17)/t8-,10-/m1/s1. The predicted molar refractivity (Wildman–Crippen MR) is 64.2 cm³/mol. The third-order valence-corrected chi connectivity index (χ3v) is 3.24. The molecule has 18 heavy (non-hydrogen) atoms. The van der Waals surface area contributed by atoms with E-state index in [0.29, 0.717) is 13.0 Å². The van der Waals surface area contributed by atoms with Crippen LogP contribution in [-0.4, -0.2) is 51.8 Å². The second-order valence-electron chi connectivity index (χ2n) is 4.48. The number of aliphatic hydroxyl groups excluding tert-OH is 2. The van der Waals surface area contributed by atoms with Gasteiger partial charge in [0.1, 0.15) is 5.69 Å². The molecule has 1 aromatic rings. The van der Waals surface area contributed by atoms with Crippen LogP contribution in [-0.2, 0) is 0 Å². The van der Waals surface area contributed by atoms with Crippen LogP contribution in [0.1, 0.15) is 16.9 Å². The number of aliphatic hydroxyl groups is 2. The highest BCUT2D eigenvalue weighted by Gasteiger charge is 2.30. The third kappa shape index (κ3) is 2.60. The van der Waals surface area contributed by atoms with Gasteiger partial charge in [-0.25, -0.2) is 0 Å². The van der Waals surface area contributed by atoms with Crippen molar-refractivity contribution in [1.29, 1.82) is 0 Å². The molecule has 1 amide bonds. The molecule has 2 heterocycles. The van der Waals surface area contributed by atoms with Crippen molar-refractivity contribution in [2.45, 2.75) is 12.5 Å². The van der Waals surface area contributed by atoms with E-state index in [9.17, 15) is 14.7 Å². The number of piperidine rings is 1. The molecule has 1 saturated heterocycles. The molecule has 1 fully saturated rings. The summed E-state index contributed by atoms with van der Waals surface area (Å²) in [7, 11) is 0. The molecule has 0 unspecified atom stereocenters. The summed E-state index contributed by atoms with van der Waals surface area (Å²) < 4.78 is 0. The van der Waals surface area contributed by atoms with Crippen molar-refractivity contribution in [2.75, 3.05) is 19.7 Å². The Bertz CT molecular complexity index is 485. The highest BCUT2D eigenvalue weighted by molar-refractivity contribution is 5.92. The molecule has 1 aromatic heterocycles. The van der Waals surface area contributed by atoms with Crippen molar-refractivity contribution >= 4 is 5.91 Å². The Morgan fingerprint density at radius 3 is 2.89 bits per heavy atom. The van der Waals surface area contributed by atoms with Gasteiger partial charge < -0.3 is 20.1 Å². The second kappa shape index (κ2) is 5.32. The SMILES string of the molecule is O=C(c1cccc(=O)[nH]1)N1CC[C@H](CO)[C@H](O)C1. The molecule has 0 bridgehead atoms. The largest absolute Gasteiger partial charge is 0.396 e. The molecule has 98 valence electrons. The van der Waals surface area contributed by atoms with Crippen molar-refractivity contribution in [3.63, 3.8) is 0 Å². The van der Waals surface area contributed by atoms with Gasteiger partial charge in [0.05, 0.1) is 6.10 Å². The summed E-state index contributed by atoms with van der Waals surface area (Å²) in [6.07, 6.45) is -0.163. The van der Waals surface area contributed by atoms with Crippen LogP contribution in [0, 0.1) is 5.92 Å². The first-order valence-corrected chi connectivity index (χ1v) is 5.89. The topological polar surface area (TPSA) is 93.6 Å². The number of aromatic amines is 1. The van der Waals surface area contributed by atoms with Crippen LogP contribution >= 0.6 is 0 Å². The summed E-state index contributed by atoms with van der Waals surface area (Å²) in [6.45, 7) is 0.574. The Labute approximate surface area is 104 Å². The quantitative estimate of drug-likeness (QED) is 0.641. The maximum atomic E-state index is 12.1. The summed E-state index contributed by atoms with van der Waals surface area (Å²) in [6, 6.07) is 4.39. The Kier molecular flexibility index (Phi) is 3.78. The number of carbonyl (C=O) groups excluding carboxylic acids is 1. The van der Waals surface area contributed by atoms with Crippen LogP contribution in [0.25, 0.3) is 0 Å². The fraction of sp³-hybridized carbons (Fsp3) is 0.500. The van der Waals surface area contributed by atoms with E-state index in [1.807, 2.05) is 0 Å². The van der Waals surface area contributed by atoms with Gasteiger partial charge in [-0.1, -0.05) is 6.07 Å². The zero-order chi connectivity index (χ0) is 13.1. The number of H-pyrrole nitrogens is 1. The average Bonchev–Trinajstić information content (AvgIpc) is 2.37. The van der Waals surface area contributed by atoms with Crippen molar-refractivity contribution in [2.24, 2.45) is 5.92 Å². The van der Waals surface area contributed by atoms with Gasteiger partial charge in [-0.3, -0.25) is 9.59 Å². The number of carbonyl (C=O) groups is 1. The lowest BCUT2D eigenvalue weighted by Crippen LogP contribution is -2.47. The molecule has 6 heteroatoms. The fourth-order valence-corrected chi connectivity index (χ4v) is 2.12. The van der Waals surface area contributed by atoms with Crippen molar-refractivity contribution in [3.05, 3.63) is 34.2 Å².